The van der Waals surface area contributed by atoms with Gasteiger partial charge >= 0.3 is 0 Å². The molecule has 0 amide bonds. The van der Waals surface area contributed by atoms with E-state index < -0.39 is 0 Å². The maximum Gasteiger partial charge on any atom is 0.143 e. The third-order valence-corrected chi connectivity index (χ3v) is 9.62. The number of pyridine rings is 1. The minimum Gasteiger partial charge on any atom is -0.455 e. The van der Waals surface area contributed by atoms with E-state index in [4.69, 9.17) is 9.40 Å². The molecule has 0 fully saturated rings. The quantitative estimate of drug-likeness (QED) is 0.150. The van der Waals surface area contributed by atoms with E-state index in [1.807, 2.05) is 0 Å². The van der Waals surface area contributed by atoms with Crippen LogP contribution in [-0.4, -0.2) is 4.98 Å². The summed E-state index contributed by atoms with van der Waals surface area (Å²) in [5, 5.41) is 10.5. The molecule has 2 nitrogen and oxygen atoms in total. The second-order valence-corrected chi connectivity index (χ2v) is 12.2. The number of fused-ring (bicyclic) bond motifs is 9. The molecule has 0 atom stereocenters. The van der Waals surface area contributed by atoms with Crippen LogP contribution in [-0.2, 0) is 0 Å². The van der Waals surface area contributed by atoms with E-state index in [0.717, 1.165) is 55.0 Å². The smallest absolute Gasteiger partial charge is 0.143 e. The number of rotatable bonds is 3. The van der Waals surface area contributed by atoms with Crippen LogP contribution in [0.2, 0.25) is 0 Å². The molecule has 0 radical (unpaired) electrons. The molecule has 0 saturated carbocycles. The van der Waals surface area contributed by atoms with Crippen LogP contribution in [0, 0.1) is 0 Å². The van der Waals surface area contributed by atoms with Gasteiger partial charge in [0.25, 0.3) is 0 Å². The Kier molecular flexibility index (Phi) is 5.61. The summed E-state index contributed by atoms with van der Waals surface area (Å²) in [5.41, 5.74) is 9.53. The lowest BCUT2D eigenvalue weighted by atomic mass is 9.84. The van der Waals surface area contributed by atoms with Gasteiger partial charge in [-0.2, -0.15) is 0 Å². The number of benzene rings is 8. The Morgan fingerprint density at radius 3 is 1.55 bits per heavy atom. The van der Waals surface area contributed by atoms with Crippen molar-refractivity contribution >= 4 is 65.2 Å². The van der Waals surface area contributed by atoms with E-state index in [9.17, 15) is 0 Å². The molecule has 0 aliphatic rings. The van der Waals surface area contributed by atoms with E-state index in [1.165, 1.54) is 43.6 Å². The van der Waals surface area contributed by atoms with Crippen molar-refractivity contribution in [2.45, 2.75) is 0 Å². The first-order chi connectivity index (χ1) is 23.3. The van der Waals surface area contributed by atoms with Gasteiger partial charge in [0, 0.05) is 43.6 Å². The number of nitrogens with zero attached hydrogens (tertiary/aromatic N) is 1. The number of hydrogen-bond donors (Lipinski definition) is 0. The van der Waals surface area contributed by atoms with Gasteiger partial charge in [-0.1, -0.05) is 146 Å². The number of hydrogen-bond acceptors (Lipinski definition) is 2. The highest BCUT2D eigenvalue weighted by Crippen LogP contribution is 2.50. The molecule has 10 rings (SSSR count). The fourth-order valence-corrected chi connectivity index (χ4v) is 7.67. The molecular weight excluding hydrogens is 571 g/mol. The normalized spacial score (nSPS) is 11.8. The summed E-state index contributed by atoms with van der Waals surface area (Å²) < 4.78 is 6.93. The van der Waals surface area contributed by atoms with E-state index in [1.54, 1.807) is 0 Å². The van der Waals surface area contributed by atoms with Gasteiger partial charge in [0.15, 0.2) is 0 Å². The molecule has 218 valence electrons. The molecule has 0 aliphatic carbocycles. The summed E-state index contributed by atoms with van der Waals surface area (Å²) in [6, 6.07) is 58.2. The lowest BCUT2D eigenvalue weighted by Gasteiger charge is -2.19. The second kappa shape index (κ2) is 10.1. The predicted molar refractivity (Wildman–Crippen MR) is 198 cm³/mol. The molecule has 0 N–H and O–H groups in total. The molecule has 2 aromatic heterocycles. The van der Waals surface area contributed by atoms with Crippen molar-refractivity contribution in [3.8, 4) is 33.5 Å². The third kappa shape index (κ3) is 3.82. The zero-order valence-electron chi connectivity index (χ0n) is 25.4. The van der Waals surface area contributed by atoms with Gasteiger partial charge in [0.05, 0.1) is 11.2 Å². The van der Waals surface area contributed by atoms with Crippen LogP contribution in [0.3, 0.4) is 0 Å². The average molecular weight is 598 g/mol. The third-order valence-electron chi connectivity index (χ3n) is 9.62. The minimum atomic E-state index is 0.882. The van der Waals surface area contributed by atoms with Gasteiger partial charge in [0.2, 0.25) is 0 Å². The zero-order chi connectivity index (χ0) is 30.9. The molecule has 0 bridgehead atoms. The first-order valence-electron chi connectivity index (χ1n) is 16.1. The van der Waals surface area contributed by atoms with Crippen molar-refractivity contribution in [2.75, 3.05) is 0 Å². The van der Waals surface area contributed by atoms with Gasteiger partial charge < -0.3 is 4.42 Å². The Labute approximate surface area is 271 Å². The Morgan fingerprint density at radius 2 is 0.894 bits per heavy atom. The van der Waals surface area contributed by atoms with Gasteiger partial charge in [-0.15, -0.1) is 0 Å². The van der Waals surface area contributed by atoms with Crippen LogP contribution in [0.15, 0.2) is 168 Å². The van der Waals surface area contributed by atoms with E-state index in [2.05, 4.69) is 164 Å². The van der Waals surface area contributed by atoms with E-state index >= 15 is 0 Å². The SMILES string of the molecule is c1ccc(-c2c3ccccc3c(-c3cc4c(-c5ccccc5)nc5ccccc5c4c4c3oc3ccccc34)c3ccccc23)cc1. The molecule has 0 saturated heterocycles. The van der Waals surface area contributed by atoms with E-state index in [-0.39, 0.29) is 0 Å². The monoisotopic (exact) mass is 597 g/mol. The van der Waals surface area contributed by atoms with Crippen molar-refractivity contribution in [3.05, 3.63) is 164 Å². The summed E-state index contributed by atoms with van der Waals surface area (Å²) >= 11 is 0. The van der Waals surface area contributed by atoms with Crippen LogP contribution in [0.25, 0.3) is 98.7 Å². The number of furan rings is 1. The van der Waals surface area contributed by atoms with Crippen molar-refractivity contribution in [1.29, 1.82) is 0 Å². The topological polar surface area (TPSA) is 26.0 Å². The maximum atomic E-state index is 6.93. The Hall–Kier alpha value is -6.25. The molecule has 2 heterocycles. The summed E-state index contributed by atoms with van der Waals surface area (Å²) in [5.74, 6) is 0. The maximum absolute atomic E-state index is 6.93. The molecule has 8 aromatic carbocycles. The van der Waals surface area contributed by atoms with Crippen LogP contribution >= 0.6 is 0 Å². The van der Waals surface area contributed by atoms with Crippen LogP contribution in [0.1, 0.15) is 0 Å². The van der Waals surface area contributed by atoms with Gasteiger partial charge in [-0.3, -0.25) is 0 Å². The van der Waals surface area contributed by atoms with Crippen molar-refractivity contribution in [3.63, 3.8) is 0 Å². The van der Waals surface area contributed by atoms with Crippen LogP contribution in [0.4, 0.5) is 0 Å². The first-order valence-corrected chi connectivity index (χ1v) is 16.1. The summed E-state index contributed by atoms with van der Waals surface area (Å²) in [6.07, 6.45) is 0. The minimum absolute atomic E-state index is 0.882. The molecule has 47 heavy (non-hydrogen) atoms. The van der Waals surface area contributed by atoms with Gasteiger partial charge in [-0.05, 0) is 50.9 Å². The summed E-state index contributed by atoms with van der Waals surface area (Å²) in [7, 11) is 0. The second-order valence-electron chi connectivity index (χ2n) is 12.2. The van der Waals surface area contributed by atoms with Crippen LogP contribution < -0.4 is 0 Å². The van der Waals surface area contributed by atoms with Crippen molar-refractivity contribution in [2.24, 2.45) is 0 Å². The lowest BCUT2D eigenvalue weighted by Crippen LogP contribution is -1.94. The number of para-hydroxylation sites is 2. The molecule has 0 spiro atoms. The summed E-state index contributed by atoms with van der Waals surface area (Å²) in [4.78, 5) is 5.33. The standard InChI is InChI=1S/C45H27NO/c1-3-15-28(16-4-1)40-30-19-7-9-21-32(30)41(33-22-10-8-20-31(33)40)37-27-36-42(43-35-24-12-14-26-39(35)47-45(37)43)34-23-11-13-25-38(34)46-44(36)29-17-5-2-6-18-29/h1-27H. The number of aromatic nitrogens is 1. The Bertz CT molecular complexity index is 2770. The molecule has 0 aliphatic heterocycles. The lowest BCUT2D eigenvalue weighted by molar-refractivity contribution is 0.670. The molecule has 0 unspecified atom stereocenters. The molecule has 2 heteroatoms. The highest BCUT2D eigenvalue weighted by molar-refractivity contribution is 6.33. The molecular formula is C45H27NO. The van der Waals surface area contributed by atoms with Crippen LogP contribution in [0.5, 0.6) is 0 Å². The van der Waals surface area contributed by atoms with Crippen molar-refractivity contribution in [1.82, 2.24) is 4.98 Å². The average Bonchev–Trinajstić information content (AvgIpc) is 3.54. The largest absolute Gasteiger partial charge is 0.455 e. The fraction of sp³-hybridized carbons (Fsp3) is 0. The Morgan fingerprint density at radius 1 is 0.383 bits per heavy atom. The van der Waals surface area contributed by atoms with Gasteiger partial charge in [-0.25, -0.2) is 4.98 Å². The Balaban J connectivity index is 1.47. The summed E-state index contributed by atoms with van der Waals surface area (Å²) in [6.45, 7) is 0. The highest BCUT2D eigenvalue weighted by atomic mass is 16.3. The molecule has 10 aromatic rings. The van der Waals surface area contributed by atoms with Gasteiger partial charge in [0.1, 0.15) is 11.2 Å². The van der Waals surface area contributed by atoms with Crippen molar-refractivity contribution < 1.29 is 4.42 Å². The fourth-order valence-electron chi connectivity index (χ4n) is 7.67. The first kappa shape index (κ1) is 26.0. The van der Waals surface area contributed by atoms with E-state index in [0.29, 0.717) is 0 Å². The highest BCUT2D eigenvalue weighted by Gasteiger charge is 2.24. The zero-order valence-corrected chi connectivity index (χ0v) is 25.4. The predicted octanol–water partition coefficient (Wildman–Crippen LogP) is 12.6.